The molecule has 0 spiro atoms. The smallest absolute Gasteiger partial charge is 0.231 e. The van der Waals surface area contributed by atoms with Gasteiger partial charge in [-0.05, 0) is 36.6 Å². The lowest BCUT2D eigenvalue weighted by molar-refractivity contribution is 0.0543. The normalized spacial score (nSPS) is 17.4. The lowest BCUT2D eigenvalue weighted by Gasteiger charge is -2.38. The fraction of sp³-hybridized carbons (Fsp3) is 0.333. The third kappa shape index (κ3) is 3.23. The largest absolute Gasteiger partial charge is 0.454 e. The summed E-state index contributed by atoms with van der Waals surface area (Å²) in [6, 6.07) is 8.20. The minimum atomic E-state index is -0.927. The zero-order chi connectivity index (χ0) is 19.8. The van der Waals surface area contributed by atoms with Gasteiger partial charge in [-0.15, -0.1) is 0 Å². The average molecular weight is 399 g/mol. The Bertz CT molecular complexity index is 1070. The summed E-state index contributed by atoms with van der Waals surface area (Å²) >= 11 is 0. The Labute approximate surface area is 165 Å². The molecule has 29 heavy (non-hydrogen) atoms. The summed E-state index contributed by atoms with van der Waals surface area (Å²) in [5.74, 6) is 0.0948. The number of nitrogens with one attached hydrogen (secondary N) is 1. The molecule has 6 nitrogen and oxygen atoms in total. The van der Waals surface area contributed by atoms with E-state index >= 15 is 0 Å². The zero-order valence-electron chi connectivity index (χ0n) is 15.6. The number of rotatable bonds is 4. The number of benzene rings is 2. The monoisotopic (exact) mass is 399 g/mol. The highest BCUT2D eigenvalue weighted by atomic mass is 19.2. The molecule has 2 aliphatic rings. The van der Waals surface area contributed by atoms with Crippen molar-refractivity contribution in [2.24, 2.45) is 0 Å². The number of aromatic nitrogens is 2. The first-order chi connectivity index (χ1) is 14.1. The summed E-state index contributed by atoms with van der Waals surface area (Å²) < 4.78 is 43.9. The van der Waals surface area contributed by atoms with Crippen LogP contribution in [0.5, 0.6) is 11.5 Å². The summed E-state index contributed by atoms with van der Waals surface area (Å²) in [6.07, 6.45) is 2.97. The molecule has 3 heterocycles. The lowest BCUT2D eigenvalue weighted by Crippen LogP contribution is -2.40. The van der Waals surface area contributed by atoms with Gasteiger partial charge < -0.3 is 19.5 Å². The van der Waals surface area contributed by atoms with Crippen LogP contribution in [0.1, 0.15) is 18.4 Å². The molecule has 1 saturated heterocycles. The van der Waals surface area contributed by atoms with Gasteiger partial charge in [-0.1, -0.05) is 6.07 Å². The van der Waals surface area contributed by atoms with Gasteiger partial charge in [0.1, 0.15) is 12.1 Å². The van der Waals surface area contributed by atoms with E-state index in [1.165, 1.54) is 6.33 Å². The van der Waals surface area contributed by atoms with Crippen molar-refractivity contribution in [3.63, 3.8) is 0 Å². The third-order valence-corrected chi connectivity index (χ3v) is 5.71. The van der Waals surface area contributed by atoms with E-state index in [9.17, 15) is 8.78 Å². The first kappa shape index (κ1) is 18.1. The predicted molar refractivity (Wildman–Crippen MR) is 102 cm³/mol. The number of ether oxygens (including phenoxy) is 3. The van der Waals surface area contributed by atoms with Gasteiger partial charge in [0.2, 0.25) is 6.79 Å². The van der Waals surface area contributed by atoms with Crippen LogP contribution in [-0.2, 0) is 10.2 Å². The van der Waals surface area contributed by atoms with Crippen molar-refractivity contribution in [2.75, 3.05) is 31.9 Å². The van der Waals surface area contributed by atoms with Crippen molar-refractivity contribution >= 4 is 16.7 Å². The maximum absolute atomic E-state index is 13.8. The fourth-order valence-corrected chi connectivity index (χ4v) is 4.00. The topological polar surface area (TPSA) is 65.5 Å². The minimum absolute atomic E-state index is 0.213. The maximum Gasteiger partial charge on any atom is 0.231 e. The summed E-state index contributed by atoms with van der Waals surface area (Å²) in [6.45, 7) is 2.06. The lowest BCUT2D eigenvalue weighted by atomic mass is 9.74. The van der Waals surface area contributed by atoms with E-state index in [2.05, 4.69) is 15.3 Å². The van der Waals surface area contributed by atoms with Gasteiger partial charge in [0.25, 0.3) is 0 Å². The molecule has 1 N–H and O–H groups in total. The summed E-state index contributed by atoms with van der Waals surface area (Å²) in [5, 5.41) is 3.79. The molecule has 5 rings (SSSR count). The Balaban J connectivity index is 1.48. The number of nitrogens with zero attached hydrogens (tertiary/aromatic N) is 2. The highest BCUT2D eigenvalue weighted by molar-refractivity contribution is 5.88. The summed E-state index contributed by atoms with van der Waals surface area (Å²) in [5.41, 5.74) is 1.26. The van der Waals surface area contributed by atoms with E-state index in [1.807, 2.05) is 18.2 Å². The van der Waals surface area contributed by atoms with Crippen LogP contribution in [0.15, 0.2) is 36.7 Å². The van der Waals surface area contributed by atoms with Crippen LogP contribution >= 0.6 is 0 Å². The molecule has 0 radical (unpaired) electrons. The van der Waals surface area contributed by atoms with Crippen LogP contribution in [0.3, 0.4) is 0 Å². The van der Waals surface area contributed by atoms with Crippen LogP contribution in [0, 0.1) is 11.6 Å². The van der Waals surface area contributed by atoms with E-state index in [-0.39, 0.29) is 12.2 Å². The first-order valence-corrected chi connectivity index (χ1v) is 9.46. The van der Waals surface area contributed by atoms with Crippen LogP contribution < -0.4 is 14.8 Å². The van der Waals surface area contributed by atoms with Crippen molar-refractivity contribution in [3.8, 4) is 11.5 Å². The Morgan fingerprint density at radius 1 is 0.966 bits per heavy atom. The molecule has 1 aromatic heterocycles. The molecule has 0 aliphatic carbocycles. The maximum atomic E-state index is 13.8. The number of anilines is 1. The van der Waals surface area contributed by atoms with Gasteiger partial charge in [0.15, 0.2) is 23.1 Å². The summed E-state index contributed by atoms with van der Waals surface area (Å²) in [7, 11) is 0. The third-order valence-electron chi connectivity index (χ3n) is 5.71. The molecule has 0 atom stereocenters. The van der Waals surface area contributed by atoms with Crippen molar-refractivity contribution in [1.29, 1.82) is 0 Å². The van der Waals surface area contributed by atoms with Crippen molar-refractivity contribution in [2.45, 2.75) is 18.3 Å². The van der Waals surface area contributed by atoms with Gasteiger partial charge in [0.05, 0.1) is 5.52 Å². The standard InChI is InChI=1S/C21H19F2N3O3/c22-15-8-14-17(9-16(15)23)25-11-26-20(14)24-10-21(3-5-27-6-4-21)13-1-2-18-19(7-13)29-12-28-18/h1-2,7-9,11H,3-6,10,12H2,(H,24,25,26). The molecule has 0 saturated carbocycles. The molecule has 2 aliphatic heterocycles. The second-order valence-corrected chi connectivity index (χ2v) is 7.32. The van der Waals surface area contributed by atoms with Gasteiger partial charge in [-0.25, -0.2) is 18.7 Å². The number of hydrogen-bond acceptors (Lipinski definition) is 6. The highest BCUT2D eigenvalue weighted by Gasteiger charge is 2.36. The first-order valence-electron chi connectivity index (χ1n) is 9.46. The van der Waals surface area contributed by atoms with E-state index in [0.29, 0.717) is 36.5 Å². The number of halogens is 2. The molecular formula is C21H19F2N3O3. The second kappa shape index (κ2) is 7.11. The molecule has 1 fully saturated rings. The average Bonchev–Trinajstić information content (AvgIpc) is 3.22. The Kier molecular flexibility index (Phi) is 4.43. The van der Waals surface area contributed by atoms with Crippen LogP contribution in [-0.4, -0.2) is 36.5 Å². The molecule has 3 aromatic rings. The van der Waals surface area contributed by atoms with Crippen LogP contribution in [0.25, 0.3) is 10.9 Å². The van der Waals surface area contributed by atoms with E-state index in [4.69, 9.17) is 14.2 Å². The van der Waals surface area contributed by atoms with Gasteiger partial charge in [-0.3, -0.25) is 0 Å². The van der Waals surface area contributed by atoms with E-state index < -0.39 is 11.6 Å². The Morgan fingerprint density at radius 3 is 2.62 bits per heavy atom. The van der Waals surface area contributed by atoms with E-state index in [1.54, 1.807) is 0 Å². The van der Waals surface area contributed by atoms with E-state index in [0.717, 1.165) is 42.0 Å². The molecular weight excluding hydrogens is 380 g/mol. The fourth-order valence-electron chi connectivity index (χ4n) is 4.00. The molecule has 0 amide bonds. The molecule has 8 heteroatoms. The zero-order valence-corrected chi connectivity index (χ0v) is 15.6. The Hall–Kier alpha value is -3.00. The minimum Gasteiger partial charge on any atom is -0.454 e. The van der Waals surface area contributed by atoms with Crippen molar-refractivity contribution in [3.05, 3.63) is 53.9 Å². The molecule has 0 unspecified atom stereocenters. The Morgan fingerprint density at radius 2 is 1.76 bits per heavy atom. The van der Waals surface area contributed by atoms with Crippen LogP contribution in [0.4, 0.5) is 14.6 Å². The quantitative estimate of drug-likeness (QED) is 0.720. The second-order valence-electron chi connectivity index (χ2n) is 7.32. The predicted octanol–water partition coefficient (Wildman–Crippen LogP) is 3.80. The highest BCUT2D eigenvalue weighted by Crippen LogP contribution is 2.41. The van der Waals surface area contributed by atoms with Crippen molar-refractivity contribution in [1.82, 2.24) is 9.97 Å². The molecule has 2 aromatic carbocycles. The number of hydrogen-bond donors (Lipinski definition) is 1. The van der Waals surface area contributed by atoms with Crippen LogP contribution in [0.2, 0.25) is 0 Å². The summed E-state index contributed by atoms with van der Waals surface area (Å²) in [4.78, 5) is 8.30. The SMILES string of the molecule is Fc1cc2ncnc(NCC3(c4ccc5c(c4)OCO5)CCOCC3)c2cc1F. The number of fused-ring (bicyclic) bond motifs is 2. The van der Waals surface area contributed by atoms with Gasteiger partial charge in [0, 0.05) is 36.6 Å². The molecule has 150 valence electrons. The molecule has 0 bridgehead atoms. The van der Waals surface area contributed by atoms with Gasteiger partial charge >= 0.3 is 0 Å². The van der Waals surface area contributed by atoms with Gasteiger partial charge in [-0.2, -0.15) is 0 Å². The van der Waals surface area contributed by atoms with Crippen molar-refractivity contribution < 1.29 is 23.0 Å².